The summed E-state index contributed by atoms with van der Waals surface area (Å²) in [6.07, 6.45) is 0. The van der Waals surface area contributed by atoms with Gasteiger partial charge in [0.05, 0.1) is 9.79 Å². The monoisotopic (exact) mass is 412 g/mol. The summed E-state index contributed by atoms with van der Waals surface area (Å²) in [4.78, 5) is -3.01. The molecule has 14 heteroatoms. The number of rotatable bonds is 3. The Morgan fingerprint density at radius 1 is 0.750 bits per heavy atom. The fourth-order valence-corrected chi connectivity index (χ4v) is 3.89. The minimum Gasteiger partial charge on any atom is -0.744 e. The van der Waals surface area contributed by atoms with Crippen LogP contribution >= 0.6 is 0 Å². The molecule has 1 N–H and O–H groups in total. The molecule has 0 aromatic heterocycles. The molecule has 0 saturated carbocycles. The second-order valence-electron chi connectivity index (χ2n) is 4.16. The minimum absolute atomic E-state index is 0. The van der Waals surface area contributed by atoms with Crippen molar-refractivity contribution in [2.24, 2.45) is 0 Å². The largest absolute Gasteiger partial charge is 1.00 e. The summed E-state index contributed by atoms with van der Waals surface area (Å²) in [6, 6.07) is 3.86. The zero-order valence-electron chi connectivity index (χ0n) is 12.3. The Morgan fingerprint density at radius 2 is 1.29 bits per heavy atom. The van der Waals surface area contributed by atoms with E-state index in [0.717, 1.165) is 18.2 Å². The van der Waals surface area contributed by atoms with Gasteiger partial charge in [0.15, 0.2) is 0 Å². The molecule has 9 nitrogen and oxygen atoms in total. The topological polar surface area (TPSA) is 169 Å². The summed E-state index contributed by atoms with van der Waals surface area (Å²) in [5.74, 6) is 0. The van der Waals surface area contributed by atoms with Gasteiger partial charge in [-0.25, -0.2) is 16.8 Å². The zero-order chi connectivity index (χ0) is 16.9. The van der Waals surface area contributed by atoms with Crippen LogP contribution < -0.4 is 59.1 Å². The van der Waals surface area contributed by atoms with Crippen molar-refractivity contribution < 1.29 is 98.0 Å². The van der Waals surface area contributed by atoms with E-state index in [0.29, 0.717) is 12.1 Å². The molecule has 0 amide bonds. The van der Waals surface area contributed by atoms with E-state index in [4.69, 9.17) is 4.55 Å². The molecule has 0 atom stereocenters. The second kappa shape index (κ2) is 7.98. The average molecular weight is 412 g/mol. The maximum absolute atomic E-state index is 11.3. The van der Waals surface area contributed by atoms with Gasteiger partial charge in [-0.2, -0.15) is 8.42 Å². The van der Waals surface area contributed by atoms with Gasteiger partial charge in [0.1, 0.15) is 25.1 Å². The number of hydrogen-bond donors (Lipinski definition) is 1. The molecule has 0 heterocycles. The fourth-order valence-electron chi connectivity index (χ4n) is 1.87. The number of benzene rings is 2. The fraction of sp³-hybridized carbons (Fsp3) is 0. The summed E-state index contributed by atoms with van der Waals surface area (Å²) in [7, 11) is -15.2. The molecule has 0 aliphatic heterocycles. The molecule has 0 radical (unpaired) electrons. The predicted molar refractivity (Wildman–Crippen MR) is 69.7 cm³/mol. The molecule has 24 heavy (non-hydrogen) atoms. The van der Waals surface area contributed by atoms with Crippen molar-refractivity contribution in [3.63, 3.8) is 0 Å². The molecule has 0 saturated heterocycles. The van der Waals surface area contributed by atoms with Crippen LogP contribution in [0.4, 0.5) is 0 Å². The number of fused-ring (bicyclic) bond motifs is 1. The Bertz CT molecular complexity index is 1090. The summed E-state index contributed by atoms with van der Waals surface area (Å²) < 4.78 is 98.4. The van der Waals surface area contributed by atoms with Gasteiger partial charge in [-0.3, -0.25) is 4.55 Å². The molecule has 120 valence electrons. The van der Waals surface area contributed by atoms with Gasteiger partial charge in [0.2, 0.25) is 0 Å². The Balaban J connectivity index is 0.00000264. The molecule has 0 spiro atoms. The van der Waals surface area contributed by atoms with Gasteiger partial charge in [0, 0.05) is 10.8 Å². The molecule has 0 aliphatic carbocycles. The van der Waals surface area contributed by atoms with E-state index in [1.54, 1.807) is 0 Å². The first-order valence-electron chi connectivity index (χ1n) is 5.28. The van der Waals surface area contributed by atoms with E-state index in [9.17, 15) is 34.4 Å². The maximum atomic E-state index is 11.3. The maximum Gasteiger partial charge on any atom is 1.00 e. The third-order valence-corrected chi connectivity index (χ3v) is 5.33. The Labute approximate surface area is 182 Å². The standard InChI is InChI=1S/C10H8O9S3.2Na/c11-20(12,13)6-4-8-7(10(5-6)22(17,18)19)2-1-3-9(8)21(14,15)16;;/h1-5H,(H,11,12,13)(H,14,15,16)(H,17,18,19);;/q;2*+1/p-2. The van der Waals surface area contributed by atoms with Gasteiger partial charge >= 0.3 is 59.1 Å². The van der Waals surface area contributed by atoms with Gasteiger partial charge in [-0.1, -0.05) is 12.1 Å². The Morgan fingerprint density at radius 3 is 1.71 bits per heavy atom. The summed E-state index contributed by atoms with van der Waals surface area (Å²) in [6.45, 7) is 0. The van der Waals surface area contributed by atoms with E-state index >= 15 is 0 Å². The smallest absolute Gasteiger partial charge is 0.744 e. The summed E-state index contributed by atoms with van der Waals surface area (Å²) in [5.41, 5.74) is 0. The van der Waals surface area contributed by atoms with Crippen molar-refractivity contribution in [1.29, 1.82) is 0 Å². The summed E-state index contributed by atoms with van der Waals surface area (Å²) in [5, 5.41) is -1.01. The predicted octanol–water partition coefficient (Wildman–Crippen LogP) is -6.10. The van der Waals surface area contributed by atoms with Crippen LogP contribution in [-0.2, 0) is 30.4 Å². The van der Waals surface area contributed by atoms with E-state index in [1.807, 2.05) is 0 Å². The van der Waals surface area contributed by atoms with E-state index < -0.39 is 55.8 Å². The van der Waals surface area contributed by atoms with Crippen LogP contribution in [0.3, 0.4) is 0 Å². The molecular weight excluding hydrogens is 406 g/mol. The normalized spacial score (nSPS) is 12.3. The van der Waals surface area contributed by atoms with Crippen LogP contribution in [0.5, 0.6) is 0 Å². The molecule has 2 rings (SSSR count). The van der Waals surface area contributed by atoms with E-state index in [2.05, 4.69) is 0 Å². The molecule has 2 aromatic carbocycles. The first-order chi connectivity index (χ1) is 9.82. The van der Waals surface area contributed by atoms with Crippen LogP contribution in [0.25, 0.3) is 10.8 Å². The molecule has 2 aromatic rings. The van der Waals surface area contributed by atoms with Crippen molar-refractivity contribution in [3.05, 3.63) is 30.3 Å². The molecule has 0 bridgehead atoms. The van der Waals surface area contributed by atoms with Crippen LogP contribution in [-0.4, -0.2) is 38.9 Å². The van der Waals surface area contributed by atoms with Crippen molar-refractivity contribution >= 4 is 41.1 Å². The second-order valence-corrected chi connectivity index (χ2v) is 8.27. The Hall–Kier alpha value is 0.430. The molecule has 0 unspecified atom stereocenters. The van der Waals surface area contributed by atoms with Crippen LogP contribution in [0.15, 0.2) is 45.0 Å². The van der Waals surface area contributed by atoms with Crippen molar-refractivity contribution in [3.8, 4) is 0 Å². The molecule has 0 aliphatic rings. The van der Waals surface area contributed by atoms with Crippen molar-refractivity contribution in [1.82, 2.24) is 0 Å². The van der Waals surface area contributed by atoms with Gasteiger partial charge in [-0.05, 0) is 18.2 Å². The molecular formula is C10H6Na2O9S3. The first kappa shape index (κ1) is 24.4. The van der Waals surface area contributed by atoms with Gasteiger partial charge in [0.25, 0.3) is 10.1 Å². The van der Waals surface area contributed by atoms with Crippen molar-refractivity contribution in [2.75, 3.05) is 0 Å². The third-order valence-electron chi connectivity index (χ3n) is 2.73. The summed E-state index contributed by atoms with van der Waals surface area (Å²) >= 11 is 0. The van der Waals surface area contributed by atoms with Crippen LogP contribution in [0.2, 0.25) is 0 Å². The van der Waals surface area contributed by atoms with Gasteiger partial charge in [-0.15, -0.1) is 0 Å². The Kier molecular flexibility index (Phi) is 8.12. The van der Waals surface area contributed by atoms with Crippen LogP contribution in [0, 0.1) is 0 Å². The van der Waals surface area contributed by atoms with Crippen LogP contribution in [0.1, 0.15) is 0 Å². The average Bonchev–Trinajstić information content (AvgIpc) is 2.33. The molecule has 0 fully saturated rings. The van der Waals surface area contributed by atoms with Gasteiger partial charge < -0.3 is 9.11 Å². The quantitative estimate of drug-likeness (QED) is 0.381. The number of hydrogen-bond acceptors (Lipinski definition) is 8. The van der Waals surface area contributed by atoms with Crippen molar-refractivity contribution in [2.45, 2.75) is 14.7 Å². The van der Waals surface area contributed by atoms with E-state index in [-0.39, 0.29) is 59.1 Å². The third kappa shape index (κ3) is 5.22. The zero-order valence-corrected chi connectivity index (χ0v) is 18.8. The minimum atomic E-state index is -5.16. The SMILES string of the molecule is O=S(=O)([O-])c1cc(S(=O)(=O)O)c2cccc(S(=O)(=O)[O-])c2c1.[Na+].[Na+]. The van der Waals surface area contributed by atoms with E-state index in [1.165, 1.54) is 0 Å². The first-order valence-corrected chi connectivity index (χ1v) is 9.53.